The third-order valence-electron chi connectivity index (χ3n) is 5.57. The molecule has 1 heterocycles. The van der Waals surface area contributed by atoms with E-state index in [0.29, 0.717) is 0 Å². The SMILES string of the molecule is COc1cccc(F)c1C(C)(C)CC(O)(C(=O)Nc1ccc2c(=O)onc(C)c2c1)C(F)(F)F. The first-order chi connectivity index (χ1) is 15.7. The van der Waals surface area contributed by atoms with Gasteiger partial charge in [0.1, 0.15) is 11.6 Å². The maximum absolute atomic E-state index is 14.6. The summed E-state index contributed by atoms with van der Waals surface area (Å²) in [7, 11) is 1.23. The molecule has 1 atom stereocenters. The summed E-state index contributed by atoms with van der Waals surface area (Å²) >= 11 is 0. The number of rotatable bonds is 6. The van der Waals surface area contributed by atoms with Gasteiger partial charge in [0, 0.05) is 23.1 Å². The van der Waals surface area contributed by atoms with Gasteiger partial charge in [-0.05, 0) is 42.7 Å². The van der Waals surface area contributed by atoms with Crippen LogP contribution < -0.4 is 15.7 Å². The van der Waals surface area contributed by atoms with Crippen LogP contribution >= 0.6 is 0 Å². The summed E-state index contributed by atoms with van der Waals surface area (Å²) in [6.07, 6.45) is -6.60. The fraction of sp³-hybridized carbons (Fsp3) is 0.348. The molecule has 0 bridgehead atoms. The van der Waals surface area contributed by atoms with E-state index in [2.05, 4.69) is 15.0 Å². The third kappa shape index (κ3) is 4.47. The van der Waals surface area contributed by atoms with Crippen molar-refractivity contribution in [3.05, 3.63) is 63.9 Å². The Morgan fingerprint density at radius 1 is 1.18 bits per heavy atom. The number of aryl methyl sites for hydroxylation is 1. The number of methoxy groups -OCH3 is 1. The number of nitrogens with zero attached hydrogens (tertiary/aromatic N) is 1. The number of ether oxygens (including phenoxy) is 1. The quantitative estimate of drug-likeness (QED) is 0.510. The molecule has 2 aromatic carbocycles. The number of halogens is 4. The molecule has 0 spiro atoms. The standard InChI is InChI=1S/C23H22F4N2O5/c1-12-15-10-13(8-9-14(15)19(30)34-29-12)28-20(31)22(32,23(25,26)27)11-21(2,3)18-16(24)6-5-7-17(18)33-4/h5-10,32H,11H2,1-4H3,(H,28,31). The Kier molecular flexibility index (Phi) is 6.45. The monoisotopic (exact) mass is 482 g/mol. The zero-order valence-corrected chi connectivity index (χ0v) is 18.7. The molecule has 0 aliphatic heterocycles. The first kappa shape index (κ1) is 25.2. The molecule has 0 saturated carbocycles. The molecule has 3 rings (SSSR count). The highest BCUT2D eigenvalue weighted by Crippen LogP contribution is 2.45. The van der Waals surface area contributed by atoms with E-state index < -0.39 is 41.0 Å². The molecular weight excluding hydrogens is 460 g/mol. The van der Waals surface area contributed by atoms with Gasteiger partial charge in [0.25, 0.3) is 5.91 Å². The number of fused-ring (bicyclic) bond motifs is 1. The Morgan fingerprint density at radius 3 is 2.47 bits per heavy atom. The summed E-state index contributed by atoms with van der Waals surface area (Å²) in [5.41, 5.74) is -6.39. The normalized spacial score (nSPS) is 14.0. The number of carbonyl (C=O) groups is 1. The van der Waals surface area contributed by atoms with E-state index in [1.807, 2.05) is 0 Å². The molecule has 1 amide bonds. The lowest BCUT2D eigenvalue weighted by molar-refractivity contribution is -0.254. The van der Waals surface area contributed by atoms with Crippen LogP contribution in [-0.2, 0) is 10.2 Å². The molecule has 34 heavy (non-hydrogen) atoms. The average molecular weight is 482 g/mol. The summed E-state index contributed by atoms with van der Waals surface area (Å²) < 4.78 is 66.4. The lowest BCUT2D eigenvalue weighted by Crippen LogP contribution is -2.57. The summed E-state index contributed by atoms with van der Waals surface area (Å²) in [4.78, 5) is 24.6. The summed E-state index contributed by atoms with van der Waals surface area (Å²) in [5, 5.41) is 16.6. The molecule has 0 aliphatic carbocycles. The largest absolute Gasteiger partial charge is 0.496 e. The second-order valence-electron chi connectivity index (χ2n) is 8.51. The van der Waals surface area contributed by atoms with Crippen LogP contribution in [0.1, 0.15) is 31.5 Å². The summed E-state index contributed by atoms with van der Waals surface area (Å²) in [6, 6.07) is 7.44. The van der Waals surface area contributed by atoms with Gasteiger partial charge in [0.15, 0.2) is 0 Å². The minimum atomic E-state index is -5.40. The van der Waals surface area contributed by atoms with E-state index in [1.54, 1.807) is 0 Å². The number of alkyl halides is 3. The second kappa shape index (κ2) is 8.71. The number of carbonyl (C=O) groups excluding carboxylic acids is 1. The Hall–Kier alpha value is -3.47. The van der Waals surface area contributed by atoms with Crippen molar-refractivity contribution in [2.75, 3.05) is 12.4 Å². The second-order valence-corrected chi connectivity index (χ2v) is 8.51. The minimum Gasteiger partial charge on any atom is -0.496 e. The van der Waals surface area contributed by atoms with Crippen molar-refractivity contribution in [2.45, 2.75) is 44.4 Å². The predicted octanol–water partition coefficient (Wildman–Crippen LogP) is 4.24. The number of anilines is 1. The predicted molar refractivity (Wildman–Crippen MR) is 115 cm³/mol. The van der Waals surface area contributed by atoms with Crippen LogP contribution in [0, 0.1) is 12.7 Å². The van der Waals surface area contributed by atoms with Crippen LogP contribution in [0.3, 0.4) is 0 Å². The van der Waals surface area contributed by atoms with Gasteiger partial charge >= 0.3 is 11.8 Å². The summed E-state index contributed by atoms with van der Waals surface area (Å²) in [5.74, 6) is -2.63. The zero-order valence-electron chi connectivity index (χ0n) is 18.7. The summed E-state index contributed by atoms with van der Waals surface area (Å²) in [6.45, 7) is 4.04. The van der Waals surface area contributed by atoms with Crippen LogP contribution in [0.2, 0.25) is 0 Å². The van der Waals surface area contributed by atoms with Gasteiger partial charge in [-0.2, -0.15) is 13.2 Å². The Balaban J connectivity index is 2.02. The van der Waals surface area contributed by atoms with Gasteiger partial charge in [-0.1, -0.05) is 25.1 Å². The van der Waals surface area contributed by atoms with E-state index >= 15 is 0 Å². The van der Waals surface area contributed by atoms with Crippen molar-refractivity contribution in [3.63, 3.8) is 0 Å². The van der Waals surface area contributed by atoms with Crippen molar-refractivity contribution < 1.29 is 36.7 Å². The number of hydrogen-bond donors (Lipinski definition) is 2. The first-order valence-electron chi connectivity index (χ1n) is 10.0. The van der Waals surface area contributed by atoms with Gasteiger partial charge in [-0.25, -0.2) is 9.18 Å². The van der Waals surface area contributed by atoms with E-state index in [4.69, 9.17) is 4.74 Å². The Labute approximate surface area is 191 Å². The molecular formula is C23H22F4N2O5. The molecule has 3 aromatic rings. The van der Waals surface area contributed by atoms with Gasteiger partial charge in [0.05, 0.1) is 18.2 Å². The molecule has 1 unspecified atom stereocenters. The van der Waals surface area contributed by atoms with Crippen molar-refractivity contribution in [1.29, 1.82) is 0 Å². The average Bonchev–Trinajstić information content (AvgIpc) is 2.74. The van der Waals surface area contributed by atoms with Gasteiger partial charge in [-0.15, -0.1) is 0 Å². The van der Waals surface area contributed by atoms with Crippen molar-refractivity contribution in [3.8, 4) is 5.75 Å². The van der Waals surface area contributed by atoms with Crippen LogP contribution in [-0.4, -0.2) is 35.1 Å². The molecule has 0 saturated heterocycles. The lowest BCUT2D eigenvalue weighted by Gasteiger charge is -2.37. The molecule has 0 fully saturated rings. The molecule has 0 radical (unpaired) electrons. The Morgan fingerprint density at radius 2 is 1.85 bits per heavy atom. The first-order valence-corrected chi connectivity index (χ1v) is 10.0. The highest BCUT2D eigenvalue weighted by Gasteiger charge is 2.61. The van der Waals surface area contributed by atoms with E-state index in [9.17, 15) is 32.3 Å². The van der Waals surface area contributed by atoms with Crippen molar-refractivity contribution >= 4 is 22.4 Å². The highest BCUT2D eigenvalue weighted by atomic mass is 19.4. The minimum absolute atomic E-state index is 0.0220. The Bertz CT molecular complexity index is 1300. The van der Waals surface area contributed by atoms with Crippen LogP contribution in [0.4, 0.5) is 23.2 Å². The van der Waals surface area contributed by atoms with Gasteiger partial charge in [0.2, 0.25) is 5.60 Å². The zero-order chi connectivity index (χ0) is 25.5. The number of nitrogens with one attached hydrogen (secondary N) is 1. The fourth-order valence-corrected chi connectivity index (χ4v) is 3.91. The maximum atomic E-state index is 14.6. The van der Waals surface area contributed by atoms with E-state index in [0.717, 1.165) is 6.07 Å². The van der Waals surface area contributed by atoms with Crippen LogP contribution in [0.25, 0.3) is 10.8 Å². The molecule has 182 valence electrons. The lowest BCUT2D eigenvalue weighted by atomic mass is 9.74. The van der Waals surface area contributed by atoms with E-state index in [1.165, 1.54) is 58.2 Å². The molecule has 0 aliphatic rings. The highest BCUT2D eigenvalue weighted by molar-refractivity contribution is 5.99. The number of aliphatic hydroxyl groups is 1. The van der Waals surface area contributed by atoms with E-state index in [-0.39, 0.29) is 33.5 Å². The number of amides is 1. The van der Waals surface area contributed by atoms with Crippen molar-refractivity contribution in [2.24, 2.45) is 0 Å². The smallest absolute Gasteiger partial charge is 0.426 e. The third-order valence-corrected chi connectivity index (χ3v) is 5.57. The van der Waals surface area contributed by atoms with Gasteiger partial charge < -0.3 is 19.7 Å². The van der Waals surface area contributed by atoms with Crippen LogP contribution in [0.5, 0.6) is 5.75 Å². The topological polar surface area (TPSA) is 102 Å². The molecule has 1 aromatic heterocycles. The molecule has 2 N–H and O–H groups in total. The molecule has 11 heteroatoms. The molecule has 7 nitrogen and oxygen atoms in total. The number of aromatic nitrogens is 1. The fourth-order valence-electron chi connectivity index (χ4n) is 3.91. The maximum Gasteiger partial charge on any atom is 0.426 e. The van der Waals surface area contributed by atoms with Crippen molar-refractivity contribution in [1.82, 2.24) is 5.16 Å². The van der Waals surface area contributed by atoms with Crippen LogP contribution in [0.15, 0.2) is 45.7 Å². The van der Waals surface area contributed by atoms with Gasteiger partial charge in [-0.3, -0.25) is 4.79 Å². The number of benzene rings is 2. The number of hydrogen-bond acceptors (Lipinski definition) is 6.